The molecule has 2 aromatic carbocycles. The van der Waals surface area contributed by atoms with Crippen molar-refractivity contribution in [2.45, 2.75) is 33.0 Å². The van der Waals surface area contributed by atoms with Crippen LogP contribution in [0.2, 0.25) is 0 Å². The fourth-order valence-electron chi connectivity index (χ4n) is 2.74. The third kappa shape index (κ3) is 7.13. The number of aryl methyl sites for hydroxylation is 2. The first kappa shape index (κ1) is 25.0. The molecule has 9 nitrogen and oxygen atoms in total. The van der Waals surface area contributed by atoms with E-state index >= 15 is 0 Å². The number of carboxylic acid groups (broad SMARTS) is 1. The molecule has 0 aliphatic carbocycles. The highest BCUT2D eigenvalue weighted by molar-refractivity contribution is 5.90. The van der Waals surface area contributed by atoms with E-state index in [1.165, 1.54) is 37.3 Å². The Kier molecular flexibility index (Phi) is 8.22. The zero-order valence-corrected chi connectivity index (χ0v) is 18.2. The van der Waals surface area contributed by atoms with Gasteiger partial charge >= 0.3 is 17.9 Å². The van der Waals surface area contributed by atoms with Crippen molar-refractivity contribution in [2.75, 3.05) is 0 Å². The van der Waals surface area contributed by atoms with E-state index in [2.05, 4.69) is 0 Å². The van der Waals surface area contributed by atoms with Gasteiger partial charge in [-0.2, -0.15) is 0 Å². The molecule has 4 N–H and O–H groups in total. The summed E-state index contributed by atoms with van der Waals surface area (Å²) in [6, 6.07) is 7.50. The van der Waals surface area contributed by atoms with Crippen molar-refractivity contribution in [3.05, 3.63) is 64.7 Å². The van der Waals surface area contributed by atoms with Crippen molar-refractivity contribution in [1.82, 2.24) is 0 Å². The molecule has 2 atom stereocenters. The maximum atomic E-state index is 12.1. The van der Waals surface area contributed by atoms with Gasteiger partial charge in [-0.25, -0.2) is 14.4 Å². The maximum Gasteiger partial charge on any atom is 0.348 e. The Hall–Kier alpha value is -4.27. The number of carbonyl (C=O) groups is 3. The molecule has 0 amide bonds. The standard InChI is InChI=1S/C24H24O9/c1-13-4-5-16(11-18(13)25)6-8-20(27)32-15(3)23(24(30)31)33-21(28)9-7-17-10-14(2)22(29)19(26)12-17/h4-12,15,23,25-26,29H,1-3H3,(H,30,31)/b8-6+,9-7+. The molecule has 0 radical (unpaired) electrons. The number of benzene rings is 2. The molecular weight excluding hydrogens is 432 g/mol. The number of esters is 2. The van der Waals surface area contributed by atoms with Gasteiger partial charge in [-0.1, -0.05) is 12.1 Å². The summed E-state index contributed by atoms with van der Waals surface area (Å²) >= 11 is 0. The van der Waals surface area contributed by atoms with E-state index in [1.807, 2.05) is 0 Å². The van der Waals surface area contributed by atoms with Crippen LogP contribution in [-0.2, 0) is 23.9 Å². The summed E-state index contributed by atoms with van der Waals surface area (Å²) < 4.78 is 9.93. The molecule has 0 aliphatic heterocycles. The first-order chi connectivity index (χ1) is 15.5. The van der Waals surface area contributed by atoms with Crippen molar-refractivity contribution in [3.8, 4) is 17.2 Å². The molecular formula is C24H24O9. The number of phenols is 3. The van der Waals surface area contributed by atoms with Crippen LogP contribution < -0.4 is 0 Å². The molecule has 0 bridgehead atoms. The number of carbonyl (C=O) groups excluding carboxylic acids is 2. The third-order valence-electron chi connectivity index (χ3n) is 4.57. The summed E-state index contributed by atoms with van der Waals surface area (Å²) in [6.45, 7) is 4.54. The summed E-state index contributed by atoms with van der Waals surface area (Å²) in [5, 5.41) is 38.2. The van der Waals surface area contributed by atoms with Crippen LogP contribution >= 0.6 is 0 Å². The van der Waals surface area contributed by atoms with Crippen LogP contribution in [0.3, 0.4) is 0 Å². The van der Waals surface area contributed by atoms with Crippen LogP contribution in [0.25, 0.3) is 12.2 Å². The van der Waals surface area contributed by atoms with Crippen LogP contribution in [0.15, 0.2) is 42.5 Å². The number of rotatable bonds is 8. The molecule has 0 saturated carbocycles. The zero-order valence-electron chi connectivity index (χ0n) is 18.2. The average Bonchev–Trinajstić information content (AvgIpc) is 2.74. The van der Waals surface area contributed by atoms with Crippen molar-refractivity contribution in [2.24, 2.45) is 0 Å². The highest BCUT2D eigenvalue weighted by Crippen LogP contribution is 2.30. The predicted octanol–water partition coefficient (Wildman–Crippen LogP) is 3.07. The molecule has 0 saturated heterocycles. The van der Waals surface area contributed by atoms with Gasteiger partial charge in [0.1, 0.15) is 11.9 Å². The van der Waals surface area contributed by atoms with Crippen LogP contribution in [0.4, 0.5) is 0 Å². The fourth-order valence-corrected chi connectivity index (χ4v) is 2.74. The molecule has 9 heteroatoms. The Morgan fingerprint density at radius 1 is 0.818 bits per heavy atom. The Labute approximate surface area is 189 Å². The second-order valence-electron chi connectivity index (χ2n) is 7.26. The normalized spacial score (nSPS) is 13.1. The van der Waals surface area contributed by atoms with Crippen molar-refractivity contribution < 1.29 is 44.3 Å². The van der Waals surface area contributed by atoms with E-state index in [0.717, 1.165) is 12.2 Å². The largest absolute Gasteiger partial charge is 0.508 e. The van der Waals surface area contributed by atoms with Crippen molar-refractivity contribution in [1.29, 1.82) is 0 Å². The van der Waals surface area contributed by atoms with E-state index in [1.54, 1.807) is 26.0 Å². The lowest BCUT2D eigenvalue weighted by molar-refractivity contribution is -0.173. The van der Waals surface area contributed by atoms with Crippen LogP contribution in [0.1, 0.15) is 29.2 Å². The van der Waals surface area contributed by atoms with Crippen molar-refractivity contribution >= 4 is 30.1 Å². The number of aliphatic carboxylic acids is 1. The molecule has 0 aliphatic rings. The summed E-state index contributed by atoms with van der Waals surface area (Å²) in [5.41, 5.74) is 1.95. The minimum atomic E-state index is -1.77. The Bertz CT molecular complexity index is 1090. The van der Waals surface area contributed by atoms with E-state index < -0.39 is 30.1 Å². The van der Waals surface area contributed by atoms with E-state index in [9.17, 15) is 34.8 Å². The number of hydrogen-bond donors (Lipinski definition) is 4. The van der Waals surface area contributed by atoms with Crippen LogP contribution in [0, 0.1) is 13.8 Å². The minimum Gasteiger partial charge on any atom is -0.508 e. The predicted molar refractivity (Wildman–Crippen MR) is 118 cm³/mol. The van der Waals surface area contributed by atoms with Gasteiger partial charge in [0.25, 0.3) is 0 Å². The first-order valence-corrected chi connectivity index (χ1v) is 9.80. The van der Waals surface area contributed by atoms with Gasteiger partial charge in [-0.15, -0.1) is 0 Å². The van der Waals surface area contributed by atoms with E-state index in [4.69, 9.17) is 9.47 Å². The number of phenolic OH excluding ortho intramolecular Hbond substituents is 3. The third-order valence-corrected chi connectivity index (χ3v) is 4.57. The first-order valence-electron chi connectivity index (χ1n) is 9.80. The Morgan fingerprint density at radius 3 is 1.97 bits per heavy atom. The lowest BCUT2D eigenvalue weighted by atomic mass is 10.1. The number of hydrogen-bond acceptors (Lipinski definition) is 8. The van der Waals surface area contributed by atoms with Gasteiger partial charge in [0.15, 0.2) is 11.5 Å². The lowest BCUT2D eigenvalue weighted by Gasteiger charge is -2.19. The topological polar surface area (TPSA) is 151 Å². The molecule has 33 heavy (non-hydrogen) atoms. The van der Waals surface area contributed by atoms with Gasteiger partial charge in [-0.3, -0.25) is 0 Å². The number of ether oxygens (including phenoxy) is 2. The summed E-state index contributed by atoms with van der Waals surface area (Å²) in [7, 11) is 0. The second-order valence-corrected chi connectivity index (χ2v) is 7.26. The highest BCUT2D eigenvalue weighted by atomic mass is 16.6. The van der Waals surface area contributed by atoms with Crippen LogP contribution in [-0.4, -0.2) is 50.5 Å². The van der Waals surface area contributed by atoms with Gasteiger partial charge in [-0.05, 0) is 73.4 Å². The van der Waals surface area contributed by atoms with Crippen molar-refractivity contribution in [3.63, 3.8) is 0 Å². The second kappa shape index (κ2) is 10.9. The minimum absolute atomic E-state index is 0.0578. The van der Waals surface area contributed by atoms with Gasteiger partial charge in [0.2, 0.25) is 6.10 Å². The summed E-state index contributed by atoms with van der Waals surface area (Å²) in [4.78, 5) is 35.6. The molecule has 0 heterocycles. The quantitative estimate of drug-likeness (QED) is 0.267. The highest BCUT2D eigenvalue weighted by Gasteiger charge is 2.30. The molecule has 0 aromatic heterocycles. The van der Waals surface area contributed by atoms with Gasteiger partial charge in [0.05, 0.1) is 0 Å². The summed E-state index contributed by atoms with van der Waals surface area (Å²) in [6.07, 6.45) is 1.58. The monoisotopic (exact) mass is 456 g/mol. The summed E-state index contributed by atoms with van der Waals surface area (Å²) in [5.74, 6) is -3.99. The average molecular weight is 456 g/mol. The fraction of sp³-hybridized carbons (Fsp3) is 0.208. The van der Waals surface area contributed by atoms with Gasteiger partial charge in [0, 0.05) is 12.2 Å². The van der Waals surface area contributed by atoms with Crippen LogP contribution in [0.5, 0.6) is 17.2 Å². The van der Waals surface area contributed by atoms with E-state index in [0.29, 0.717) is 22.3 Å². The zero-order chi connectivity index (χ0) is 24.7. The number of aromatic hydroxyl groups is 3. The molecule has 2 aromatic rings. The molecule has 2 rings (SSSR count). The smallest absolute Gasteiger partial charge is 0.348 e. The molecule has 174 valence electrons. The van der Waals surface area contributed by atoms with Gasteiger partial charge < -0.3 is 29.9 Å². The lowest BCUT2D eigenvalue weighted by Crippen LogP contribution is -2.38. The molecule has 0 spiro atoms. The van der Waals surface area contributed by atoms with E-state index in [-0.39, 0.29) is 17.2 Å². The number of carboxylic acids is 1. The Morgan fingerprint density at radius 2 is 1.39 bits per heavy atom. The molecule has 0 fully saturated rings. The Balaban J connectivity index is 2.01. The maximum absolute atomic E-state index is 12.1. The molecule has 2 unspecified atom stereocenters. The SMILES string of the molecule is Cc1ccc(/C=C/C(=O)OC(C)C(OC(=O)/C=C/c2cc(C)c(O)c(O)c2)C(=O)O)cc1O.